The first-order valence-electron chi connectivity index (χ1n) is 8.00. The average Bonchev–Trinajstić information content (AvgIpc) is 2.68. The van der Waals surface area contributed by atoms with E-state index in [9.17, 15) is 4.79 Å². The predicted molar refractivity (Wildman–Crippen MR) is 99.4 cm³/mol. The molecular weight excluding hydrogens is 310 g/mol. The average molecular weight is 325 g/mol. The molecule has 1 aromatic heterocycles. The standard InChI is InChI=1S/C21H15N3O/c25-21(22-16-11-5-2-6-12-16)20-23-18-14-8-7-13-17(18)19(24-20)15-9-3-1-4-10-15/h1-14H,(H,22,25). The maximum atomic E-state index is 12.6. The minimum absolute atomic E-state index is 0.154. The molecule has 0 fully saturated rings. The second kappa shape index (κ2) is 6.53. The number of hydrogen-bond donors (Lipinski definition) is 1. The van der Waals surface area contributed by atoms with Crippen molar-refractivity contribution in [3.8, 4) is 11.3 Å². The molecule has 0 unspecified atom stereocenters. The van der Waals surface area contributed by atoms with Crippen LogP contribution < -0.4 is 5.32 Å². The molecular formula is C21H15N3O. The fourth-order valence-electron chi connectivity index (χ4n) is 2.70. The molecule has 4 rings (SSSR count). The highest BCUT2D eigenvalue weighted by molar-refractivity contribution is 6.04. The maximum Gasteiger partial charge on any atom is 0.293 e. The highest BCUT2D eigenvalue weighted by Crippen LogP contribution is 2.26. The molecule has 0 aliphatic heterocycles. The SMILES string of the molecule is O=C(Nc1ccccc1)c1nc(-c2ccccc2)c2ccccc2n1. The minimum Gasteiger partial charge on any atom is -0.319 e. The van der Waals surface area contributed by atoms with E-state index in [1.807, 2.05) is 84.9 Å². The lowest BCUT2D eigenvalue weighted by molar-refractivity contribution is 0.101. The van der Waals surface area contributed by atoms with E-state index >= 15 is 0 Å². The molecule has 0 atom stereocenters. The fraction of sp³-hybridized carbons (Fsp3) is 0. The van der Waals surface area contributed by atoms with E-state index in [0.29, 0.717) is 5.69 Å². The Morgan fingerprint density at radius 2 is 1.36 bits per heavy atom. The van der Waals surface area contributed by atoms with Gasteiger partial charge in [-0.1, -0.05) is 66.7 Å². The van der Waals surface area contributed by atoms with Crippen LogP contribution >= 0.6 is 0 Å². The second-order valence-corrected chi connectivity index (χ2v) is 5.60. The van der Waals surface area contributed by atoms with Gasteiger partial charge in [0, 0.05) is 16.6 Å². The van der Waals surface area contributed by atoms with Gasteiger partial charge in [-0.05, 0) is 18.2 Å². The van der Waals surface area contributed by atoms with Crippen molar-refractivity contribution in [2.45, 2.75) is 0 Å². The van der Waals surface area contributed by atoms with E-state index in [0.717, 1.165) is 22.2 Å². The van der Waals surface area contributed by atoms with Crippen molar-refractivity contribution < 1.29 is 4.79 Å². The van der Waals surface area contributed by atoms with Gasteiger partial charge in [0.15, 0.2) is 0 Å². The first-order chi connectivity index (χ1) is 12.3. The van der Waals surface area contributed by atoms with Gasteiger partial charge in [0.25, 0.3) is 5.91 Å². The molecule has 4 aromatic rings. The summed E-state index contributed by atoms with van der Waals surface area (Å²) in [5, 5.41) is 3.76. The van der Waals surface area contributed by atoms with Gasteiger partial charge in [0.05, 0.1) is 11.2 Å². The molecule has 3 aromatic carbocycles. The van der Waals surface area contributed by atoms with Gasteiger partial charge in [0.1, 0.15) is 0 Å². The third-order valence-electron chi connectivity index (χ3n) is 3.89. The van der Waals surface area contributed by atoms with E-state index in [2.05, 4.69) is 15.3 Å². The van der Waals surface area contributed by atoms with Crippen molar-refractivity contribution >= 4 is 22.5 Å². The van der Waals surface area contributed by atoms with Gasteiger partial charge in [-0.25, -0.2) is 9.97 Å². The smallest absolute Gasteiger partial charge is 0.293 e. The zero-order valence-electron chi connectivity index (χ0n) is 13.4. The van der Waals surface area contributed by atoms with E-state index in [1.54, 1.807) is 0 Å². The summed E-state index contributed by atoms with van der Waals surface area (Å²) in [6, 6.07) is 26.8. The van der Waals surface area contributed by atoms with Crippen molar-refractivity contribution in [3.05, 3.63) is 90.8 Å². The van der Waals surface area contributed by atoms with Crippen LogP contribution in [0.2, 0.25) is 0 Å². The minimum atomic E-state index is -0.325. The summed E-state index contributed by atoms with van der Waals surface area (Å²) in [4.78, 5) is 21.6. The van der Waals surface area contributed by atoms with E-state index in [4.69, 9.17) is 0 Å². The van der Waals surface area contributed by atoms with E-state index in [-0.39, 0.29) is 11.7 Å². The Labute approximate surface area is 145 Å². The Kier molecular flexibility index (Phi) is 3.92. The lowest BCUT2D eigenvalue weighted by Gasteiger charge is -2.09. The third kappa shape index (κ3) is 3.10. The van der Waals surface area contributed by atoms with Crippen LogP contribution in [0.3, 0.4) is 0 Å². The van der Waals surface area contributed by atoms with Crippen LogP contribution in [0.25, 0.3) is 22.2 Å². The normalized spacial score (nSPS) is 10.6. The van der Waals surface area contributed by atoms with Crippen LogP contribution in [-0.2, 0) is 0 Å². The summed E-state index contributed by atoms with van der Waals surface area (Å²) in [5.41, 5.74) is 3.17. The molecule has 1 N–H and O–H groups in total. The molecule has 4 heteroatoms. The molecule has 0 radical (unpaired) electrons. The molecule has 4 nitrogen and oxygen atoms in total. The second-order valence-electron chi connectivity index (χ2n) is 5.60. The molecule has 0 spiro atoms. The Morgan fingerprint density at radius 3 is 2.12 bits per heavy atom. The van der Waals surface area contributed by atoms with Gasteiger partial charge in [0.2, 0.25) is 5.82 Å². The quantitative estimate of drug-likeness (QED) is 0.601. The van der Waals surface area contributed by atoms with Gasteiger partial charge >= 0.3 is 0 Å². The van der Waals surface area contributed by atoms with Crippen molar-refractivity contribution in [1.82, 2.24) is 9.97 Å². The number of aromatic nitrogens is 2. The Morgan fingerprint density at radius 1 is 0.720 bits per heavy atom. The topological polar surface area (TPSA) is 54.9 Å². The number of amides is 1. The monoisotopic (exact) mass is 325 g/mol. The molecule has 1 amide bonds. The maximum absolute atomic E-state index is 12.6. The highest BCUT2D eigenvalue weighted by Gasteiger charge is 2.15. The van der Waals surface area contributed by atoms with Crippen molar-refractivity contribution in [2.75, 3.05) is 5.32 Å². The van der Waals surface area contributed by atoms with Crippen molar-refractivity contribution in [1.29, 1.82) is 0 Å². The predicted octanol–water partition coefficient (Wildman–Crippen LogP) is 4.55. The number of carbonyl (C=O) groups is 1. The Balaban J connectivity index is 1.81. The number of rotatable bonds is 3. The Hall–Kier alpha value is -3.53. The van der Waals surface area contributed by atoms with Crippen molar-refractivity contribution in [3.63, 3.8) is 0 Å². The van der Waals surface area contributed by atoms with Crippen LogP contribution in [0.15, 0.2) is 84.9 Å². The van der Waals surface area contributed by atoms with Crippen molar-refractivity contribution in [2.24, 2.45) is 0 Å². The van der Waals surface area contributed by atoms with Crippen LogP contribution in [0.1, 0.15) is 10.6 Å². The number of fused-ring (bicyclic) bond motifs is 1. The molecule has 25 heavy (non-hydrogen) atoms. The zero-order valence-corrected chi connectivity index (χ0v) is 13.4. The molecule has 0 saturated carbocycles. The van der Waals surface area contributed by atoms with Gasteiger partial charge < -0.3 is 5.32 Å². The molecule has 0 aliphatic carbocycles. The number of benzene rings is 3. The van der Waals surface area contributed by atoms with E-state index < -0.39 is 0 Å². The van der Waals surface area contributed by atoms with Crippen LogP contribution in [-0.4, -0.2) is 15.9 Å². The van der Waals surface area contributed by atoms with Gasteiger partial charge in [-0.15, -0.1) is 0 Å². The number of nitrogens with one attached hydrogen (secondary N) is 1. The number of carbonyl (C=O) groups excluding carboxylic acids is 1. The molecule has 1 heterocycles. The Bertz CT molecular complexity index is 1030. The molecule has 0 bridgehead atoms. The van der Waals surface area contributed by atoms with Gasteiger partial charge in [-0.2, -0.15) is 0 Å². The van der Waals surface area contributed by atoms with Crippen LogP contribution in [0, 0.1) is 0 Å². The van der Waals surface area contributed by atoms with Crippen LogP contribution in [0.5, 0.6) is 0 Å². The summed E-state index contributed by atoms with van der Waals surface area (Å²) in [7, 11) is 0. The summed E-state index contributed by atoms with van der Waals surface area (Å²) in [6.07, 6.45) is 0. The zero-order chi connectivity index (χ0) is 17.1. The summed E-state index contributed by atoms with van der Waals surface area (Å²) < 4.78 is 0. The lowest BCUT2D eigenvalue weighted by Crippen LogP contribution is -2.16. The largest absolute Gasteiger partial charge is 0.319 e. The molecule has 120 valence electrons. The third-order valence-corrected chi connectivity index (χ3v) is 3.89. The number of anilines is 1. The molecule has 0 saturated heterocycles. The van der Waals surface area contributed by atoms with Crippen LogP contribution in [0.4, 0.5) is 5.69 Å². The van der Waals surface area contributed by atoms with E-state index in [1.165, 1.54) is 0 Å². The summed E-state index contributed by atoms with van der Waals surface area (Å²) in [5.74, 6) is -0.171. The number of hydrogen-bond acceptors (Lipinski definition) is 3. The first-order valence-corrected chi connectivity index (χ1v) is 8.00. The first kappa shape index (κ1) is 15.0. The summed E-state index contributed by atoms with van der Waals surface area (Å²) in [6.45, 7) is 0. The molecule has 0 aliphatic rings. The number of nitrogens with zero attached hydrogens (tertiary/aromatic N) is 2. The number of para-hydroxylation sites is 2. The van der Waals surface area contributed by atoms with Gasteiger partial charge in [-0.3, -0.25) is 4.79 Å². The summed E-state index contributed by atoms with van der Waals surface area (Å²) >= 11 is 0. The lowest BCUT2D eigenvalue weighted by atomic mass is 10.1. The fourth-order valence-corrected chi connectivity index (χ4v) is 2.70. The highest BCUT2D eigenvalue weighted by atomic mass is 16.2.